The van der Waals surface area contributed by atoms with Crippen molar-refractivity contribution in [1.82, 2.24) is 9.97 Å². The largest absolute Gasteiger partial charge is 0.396 e. The fourth-order valence-electron chi connectivity index (χ4n) is 6.15. The molecule has 1 saturated heterocycles. The molecule has 2 aliphatic rings. The summed E-state index contributed by atoms with van der Waals surface area (Å²) >= 11 is 0. The Morgan fingerprint density at radius 3 is 2.60 bits per heavy atom. The number of aryl methyl sites for hydroxylation is 2. The summed E-state index contributed by atoms with van der Waals surface area (Å²) in [5.41, 5.74) is 2.94. The number of anilines is 2. The highest BCUT2D eigenvalue weighted by Crippen LogP contribution is 2.41. The molecule has 3 aromatic rings. The molecule has 0 amide bonds. The number of aliphatic hydroxyl groups is 2. The van der Waals surface area contributed by atoms with Gasteiger partial charge in [-0.3, -0.25) is 0 Å². The molecule has 0 bridgehead atoms. The smallest absolute Gasteiger partial charge is 0.278 e. The highest BCUT2D eigenvalue weighted by molar-refractivity contribution is 5.96. The van der Waals surface area contributed by atoms with Gasteiger partial charge < -0.3 is 25.2 Å². The van der Waals surface area contributed by atoms with Crippen molar-refractivity contribution in [3.8, 4) is 0 Å². The normalized spacial score (nSPS) is 17.8. The summed E-state index contributed by atoms with van der Waals surface area (Å²) in [6, 6.07) is 5.37. The Morgan fingerprint density at radius 1 is 1.18 bits per heavy atom. The van der Waals surface area contributed by atoms with Gasteiger partial charge in [0, 0.05) is 49.9 Å². The molecule has 1 aromatic heterocycles. The number of nitrogens with one attached hydrogen (secondary N) is 1. The molecule has 1 atom stereocenters. The molecule has 0 radical (unpaired) electrons. The van der Waals surface area contributed by atoms with E-state index >= 15 is 4.39 Å². The van der Waals surface area contributed by atoms with Crippen LogP contribution in [0.1, 0.15) is 66.7 Å². The molecule has 5 rings (SSSR count). The van der Waals surface area contributed by atoms with Crippen molar-refractivity contribution < 1.29 is 28.1 Å². The van der Waals surface area contributed by atoms with Crippen LogP contribution in [0, 0.1) is 12.7 Å². The number of benzene rings is 2. The fourth-order valence-corrected chi connectivity index (χ4v) is 6.15. The maximum Gasteiger partial charge on any atom is 0.278 e. The molecule has 1 aliphatic heterocycles. The number of fused-ring (bicyclic) bond motifs is 3. The summed E-state index contributed by atoms with van der Waals surface area (Å²) in [6.45, 7) is 4.45. The van der Waals surface area contributed by atoms with Crippen LogP contribution in [0.25, 0.3) is 10.9 Å². The van der Waals surface area contributed by atoms with E-state index in [1.54, 1.807) is 14.0 Å². The van der Waals surface area contributed by atoms with Gasteiger partial charge in [0.1, 0.15) is 17.5 Å². The van der Waals surface area contributed by atoms with Crippen molar-refractivity contribution in [1.29, 1.82) is 0 Å². The van der Waals surface area contributed by atoms with Crippen LogP contribution in [-0.2, 0) is 23.5 Å². The first-order chi connectivity index (χ1) is 19.1. The zero-order valence-electron chi connectivity index (χ0n) is 23.2. The lowest BCUT2D eigenvalue weighted by atomic mass is 9.91. The van der Waals surface area contributed by atoms with Crippen LogP contribution < -0.4 is 10.2 Å². The minimum atomic E-state index is -3.48. The SMILES string of the molecule is COCC1(O)CCN(c2cc3c(NC(C)c4cccc(C(F)(F)CCO)c4F)nc(C)nc3c3c2CCC3)CC1. The standard InChI is InChI=1S/C30H37F3N4O3/c1-18(20-6-5-9-24(26(20)31)30(32,33)12-15-38)34-28-23-16-25(37-13-10-29(39,11-14-37)17-40-3)21-7-4-8-22(21)27(23)35-19(2)36-28/h5-6,9,16,18,38-39H,4,7-8,10-15,17H2,1-3H3,(H,34,35,36). The van der Waals surface area contributed by atoms with E-state index in [9.17, 15) is 13.9 Å². The zero-order valence-corrected chi connectivity index (χ0v) is 23.2. The third kappa shape index (κ3) is 5.36. The Morgan fingerprint density at radius 2 is 1.90 bits per heavy atom. The second-order valence-electron chi connectivity index (χ2n) is 11.1. The van der Waals surface area contributed by atoms with Gasteiger partial charge in [0.2, 0.25) is 0 Å². The number of hydrogen-bond donors (Lipinski definition) is 3. The number of halogens is 3. The summed E-state index contributed by atoms with van der Waals surface area (Å²) in [5.74, 6) is -3.39. The van der Waals surface area contributed by atoms with Crippen molar-refractivity contribution >= 4 is 22.4 Å². The molecule has 40 heavy (non-hydrogen) atoms. The van der Waals surface area contributed by atoms with Crippen molar-refractivity contribution in [2.45, 2.75) is 69.9 Å². The predicted molar refractivity (Wildman–Crippen MR) is 149 cm³/mol. The lowest BCUT2D eigenvalue weighted by Crippen LogP contribution is -2.47. The minimum Gasteiger partial charge on any atom is -0.396 e. The molecule has 1 fully saturated rings. The van der Waals surface area contributed by atoms with Crippen LogP contribution in [0.3, 0.4) is 0 Å². The van der Waals surface area contributed by atoms with Gasteiger partial charge >= 0.3 is 0 Å². The van der Waals surface area contributed by atoms with Crippen molar-refractivity contribution in [3.63, 3.8) is 0 Å². The van der Waals surface area contributed by atoms with E-state index in [-0.39, 0.29) is 5.56 Å². The Balaban J connectivity index is 1.52. The number of piperidine rings is 1. The number of nitrogens with zero attached hydrogens (tertiary/aromatic N) is 3. The third-order valence-electron chi connectivity index (χ3n) is 8.27. The van der Waals surface area contributed by atoms with E-state index < -0.39 is 42.0 Å². The van der Waals surface area contributed by atoms with Crippen LogP contribution in [0.4, 0.5) is 24.7 Å². The summed E-state index contributed by atoms with van der Waals surface area (Å²) in [4.78, 5) is 11.7. The van der Waals surface area contributed by atoms with E-state index in [4.69, 9.17) is 14.8 Å². The van der Waals surface area contributed by atoms with Gasteiger partial charge in [-0.25, -0.2) is 23.1 Å². The van der Waals surface area contributed by atoms with Gasteiger partial charge in [0.25, 0.3) is 5.92 Å². The van der Waals surface area contributed by atoms with Gasteiger partial charge in [-0.15, -0.1) is 0 Å². The van der Waals surface area contributed by atoms with Gasteiger partial charge in [-0.1, -0.05) is 18.2 Å². The average molecular weight is 559 g/mol. The lowest BCUT2D eigenvalue weighted by molar-refractivity contribution is -0.0472. The molecule has 2 heterocycles. The van der Waals surface area contributed by atoms with Gasteiger partial charge in [0.05, 0.1) is 29.3 Å². The quantitative estimate of drug-likeness (QED) is 0.333. The molecular weight excluding hydrogens is 521 g/mol. The Bertz CT molecular complexity index is 1390. The first kappa shape index (κ1) is 28.6. The predicted octanol–water partition coefficient (Wildman–Crippen LogP) is 5.19. The van der Waals surface area contributed by atoms with Gasteiger partial charge in [0.15, 0.2) is 0 Å². The maximum atomic E-state index is 15.4. The van der Waals surface area contributed by atoms with Crippen LogP contribution in [-0.4, -0.2) is 59.2 Å². The molecule has 7 nitrogen and oxygen atoms in total. The molecule has 0 spiro atoms. The second kappa shape index (κ2) is 11.1. The molecule has 1 aliphatic carbocycles. The Kier molecular flexibility index (Phi) is 7.96. The number of alkyl halides is 2. The summed E-state index contributed by atoms with van der Waals surface area (Å²) < 4.78 is 49.6. The zero-order chi connectivity index (χ0) is 28.7. The second-order valence-corrected chi connectivity index (χ2v) is 11.1. The molecule has 3 N–H and O–H groups in total. The maximum absolute atomic E-state index is 15.4. The molecule has 1 unspecified atom stereocenters. The number of aromatic nitrogens is 2. The third-order valence-corrected chi connectivity index (χ3v) is 8.27. The van der Waals surface area contributed by atoms with Crippen LogP contribution in [0.2, 0.25) is 0 Å². The molecule has 10 heteroatoms. The lowest BCUT2D eigenvalue weighted by Gasteiger charge is -2.39. The molecule has 216 valence electrons. The Hall–Kier alpha value is -2.95. The Labute approximate surface area is 232 Å². The highest BCUT2D eigenvalue weighted by Gasteiger charge is 2.36. The van der Waals surface area contributed by atoms with E-state index in [1.807, 2.05) is 6.92 Å². The van der Waals surface area contributed by atoms with Crippen molar-refractivity contribution in [2.24, 2.45) is 0 Å². The summed E-state index contributed by atoms with van der Waals surface area (Å²) in [6.07, 6.45) is 3.20. The van der Waals surface area contributed by atoms with E-state index in [0.29, 0.717) is 44.2 Å². The summed E-state index contributed by atoms with van der Waals surface area (Å²) in [7, 11) is 1.60. The van der Waals surface area contributed by atoms with Crippen LogP contribution in [0.15, 0.2) is 24.3 Å². The van der Waals surface area contributed by atoms with Crippen LogP contribution >= 0.6 is 0 Å². The fraction of sp³-hybridized carbons (Fsp3) is 0.533. The van der Waals surface area contributed by atoms with Gasteiger partial charge in [-0.2, -0.15) is 0 Å². The molecular formula is C30H37F3N4O3. The first-order valence-electron chi connectivity index (χ1n) is 13.9. The number of hydrogen-bond acceptors (Lipinski definition) is 7. The van der Waals surface area contributed by atoms with E-state index in [0.717, 1.165) is 41.9 Å². The number of ether oxygens (including phenoxy) is 1. The van der Waals surface area contributed by atoms with Crippen molar-refractivity contribution in [3.05, 3.63) is 58.2 Å². The van der Waals surface area contributed by atoms with E-state index in [1.165, 1.54) is 23.3 Å². The highest BCUT2D eigenvalue weighted by atomic mass is 19.3. The average Bonchev–Trinajstić information content (AvgIpc) is 3.39. The van der Waals surface area contributed by atoms with E-state index in [2.05, 4.69) is 21.3 Å². The molecule has 2 aromatic carbocycles. The van der Waals surface area contributed by atoms with Crippen LogP contribution in [0.5, 0.6) is 0 Å². The number of rotatable bonds is 9. The minimum absolute atomic E-state index is 0.0920. The molecule has 0 saturated carbocycles. The monoisotopic (exact) mass is 558 g/mol. The topological polar surface area (TPSA) is 90.7 Å². The van der Waals surface area contributed by atoms with Crippen molar-refractivity contribution in [2.75, 3.05) is 43.6 Å². The van der Waals surface area contributed by atoms with Gasteiger partial charge in [-0.05, 0) is 63.1 Å². The number of methoxy groups -OCH3 is 1. The summed E-state index contributed by atoms with van der Waals surface area (Å²) in [5, 5.41) is 24.0. The first-order valence-corrected chi connectivity index (χ1v) is 13.9. The number of aliphatic hydroxyl groups excluding tert-OH is 1.